The molecule has 0 bridgehead atoms. The number of rotatable bonds is 4. The first kappa shape index (κ1) is 17.5. The van der Waals surface area contributed by atoms with E-state index in [-0.39, 0.29) is 17.9 Å². The van der Waals surface area contributed by atoms with Gasteiger partial charge in [0.05, 0.1) is 6.61 Å². The van der Waals surface area contributed by atoms with Crippen LogP contribution in [0.3, 0.4) is 0 Å². The average molecular weight is 346 g/mol. The van der Waals surface area contributed by atoms with Crippen LogP contribution < -0.4 is 0 Å². The van der Waals surface area contributed by atoms with Crippen molar-refractivity contribution < 1.29 is 14.6 Å². The monoisotopic (exact) mass is 345 g/mol. The molecule has 1 aliphatic heterocycles. The van der Waals surface area contributed by atoms with E-state index < -0.39 is 0 Å². The summed E-state index contributed by atoms with van der Waals surface area (Å²) in [6.07, 6.45) is 1.49. The lowest BCUT2D eigenvalue weighted by atomic mass is 9.80. The summed E-state index contributed by atoms with van der Waals surface area (Å²) in [4.78, 5) is 14.2. The van der Waals surface area contributed by atoms with Crippen molar-refractivity contribution in [1.29, 1.82) is 0 Å². The van der Waals surface area contributed by atoms with E-state index in [4.69, 9.17) is 27.9 Å². The summed E-state index contributed by atoms with van der Waals surface area (Å²) in [6.45, 7) is 3.57. The molecule has 0 unspecified atom stereocenters. The maximum atomic E-state index is 12.6. The molecule has 22 heavy (non-hydrogen) atoms. The molecule has 0 radical (unpaired) electrons. The number of carbonyl (C=O) groups is 1. The van der Waals surface area contributed by atoms with Crippen molar-refractivity contribution in [3.8, 4) is 0 Å². The van der Waals surface area contributed by atoms with Crippen molar-refractivity contribution in [2.45, 2.75) is 19.8 Å². The summed E-state index contributed by atoms with van der Waals surface area (Å²) >= 11 is 12.2. The maximum Gasteiger partial charge on any atom is 0.253 e. The van der Waals surface area contributed by atoms with E-state index in [1.807, 2.05) is 6.92 Å². The van der Waals surface area contributed by atoms with E-state index in [0.29, 0.717) is 35.4 Å². The molecule has 0 saturated carbocycles. The van der Waals surface area contributed by atoms with Crippen molar-refractivity contribution in [2.75, 3.05) is 33.4 Å². The first-order valence-corrected chi connectivity index (χ1v) is 8.04. The van der Waals surface area contributed by atoms with Gasteiger partial charge in [-0.2, -0.15) is 0 Å². The first-order chi connectivity index (χ1) is 10.4. The second kappa shape index (κ2) is 7.18. The van der Waals surface area contributed by atoms with Gasteiger partial charge in [-0.3, -0.25) is 4.79 Å². The fourth-order valence-electron chi connectivity index (χ4n) is 2.73. The highest BCUT2D eigenvalue weighted by Gasteiger charge is 2.34. The Bertz CT molecular complexity index is 533. The SMILES string of the molecule is Cc1c(Cl)cc(C(=O)N(C)CC2(CO)CCOCC2)cc1Cl. The van der Waals surface area contributed by atoms with Gasteiger partial charge in [-0.25, -0.2) is 0 Å². The van der Waals surface area contributed by atoms with Gasteiger partial charge in [-0.15, -0.1) is 0 Å². The molecule has 2 rings (SSSR count). The maximum absolute atomic E-state index is 12.6. The predicted octanol–water partition coefficient (Wildman–Crippen LogP) is 3.16. The number of nitrogens with zero attached hydrogens (tertiary/aromatic N) is 1. The molecule has 0 aromatic heterocycles. The minimum atomic E-state index is -0.291. The van der Waals surface area contributed by atoms with Crippen LogP contribution in [0.15, 0.2) is 12.1 Å². The van der Waals surface area contributed by atoms with Crippen LogP contribution >= 0.6 is 23.2 Å². The number of aliphatic hydroxyl groups is 1. The number of aliphatic hydroxyl groups excluding tert-OH is 1. The van der Waals surface area contributed by atoms with Crippen LogP contribution in [0.1, 0.15) is 28.8 Å². The molecular weight excluding hydrogens is 325 g/mol. The number of carbonyl (C=O) groups excluding carboxylic acids is 1. The normalized spacial score (nSPS) is 17.3. The van der Waals surface area contributed by atoms with Crippen LogP contribution in [-0.4, -0.2) is 49.3 Å². The lowest BCUT2D eigenvalue weighted by Crippen LogP contribution is -2.44. The summed E-state index contributed by atoms with van der Waals surface area (Å²) in [5.41, 5.74) is 0.933. The molecule has 1 heterocycles. The summed E-state index contributed by atoms with van der Waals surface area (Å²) in [5.74, 6) is -0.150. The molecule has 6 heteroatoms. The molecular formula is C16H21Cl2NO3. The first-order valence-electron chi connectivity index (χ1n) is 7.28. The van der Waals surface area contributed by atoms with Gasteiger partial charge in [-0.05, 0) is 37.5 Å². The second-order valence-corrected chi connectivity index (χ2v) is 6.81. The Kier molecular flexibility index (Phi) is 5.72. The highest BCUT2D eigenvalue weighted by atomic mass is 35.5. The molecule has 4 nitrogen and oxygen atoms in total. The third-order valence-electron chi connectivity index (χ3n) is 4.34. The van der Waals surface area contributed by atoms with Crippen molar-refractivity contribution in [3.63, 3.8) is 0 Å². The van der Waals surface area contributed by atoms with Gasteiger partial charge < -0.3 is 14.7 Å². The zero-order chi connectivity index (χ0) is 16.3. The fourth-order valence-corrected chi connectivity index (χ4v) is 3.22. The molecule has 1 saturated heterocycles. The van der Waals surface area contributed by atoms with Gasteiger partial charge in [0, 0.05) is 47.8 Å². The lowest BCUT2D eigenvalue weighted by Gasteiger charge is -2.38. The molecule has 1 fully saturated rings. The Morgan fingerprint density at radius 2 is 1.86 bits per heavy atom. The van der Waals surface area contributed by atoms with Crippen LogP contribution in [-0.2, 0) is 4.74 Å². The van der Waals surface area contributed by atoms with Crippen molar-refractivity contribution in [1.82, 2.24) is 4.90 Å². The third-order valence-corrected chi connectivity index (χ3v) is 5.12. The Morgan fingerprint density at radius 3 is 2.36 bits per heavy atom. The number of amides is 1. The van der Waals surface area contributed by atoms with Gasteiger partial charge in [0.2, 0.25) is 0 Å². The number of halogens is 2. The quantitative estimate of drug-likeness (QED) is 0.911. The molecule has 122 valence electrons. The average Bonchev–Trinajstić information content (AvgIpc) is 2.52. The van der Waals surface area contributed by atoms with E-state index in [0.717, 1.165) is 18.4 Å². The predicted molar refractivity (Wildman–Crippen MR) is 87.7 cm³/mol. The Morgan fingerprint density at radius 1 is 1.32 bits per heavy atom. The van der Waals surface area contributed by atoms with Crippen LogP contribution in [0.25, 0.3) is 0 Å². The lowest BCUT2D eigenvalue weighted by molar-refractivity contribution is -0.0282. The minimum Gasteiger partial charge on any atom is -0.396 e. The molecule has 0 aliphatic carbocycles. The smallest absolute Gasteiger partial charge is 0.253 e. The Labute approximate surface area is 141 Å². The zero-order valence-electron chi connectivity index (χ0n) is 12.9. The minimum absolute atomic E-state index is 0.0450. The van der Waals surface area contributed by atoms with Crippen LogP contribution in [0.5, 0.6) is 0 Å². The standard InChI is InChI=1S/C16H21Cl2NO3/c1-11-13(17)7-12(8-14(11)18)15(21)19(2)9-16(10-20)3-5-22-6-4-16/h7-8,20H,3-6,9-10H2,1-2H3. The molecule has 1 aromatic rings. The van der Waals surface area contributed by atoms with Gasteiger partial charge in [0.15, 0.2) is 0 Å². The summed E-state index contributed by atoms with van der Waals surface area (Å²) in [6, 6.07) is 3.27. The molecule has 1 N–H and O–H groups in total. The van der Waals surface area contributed by atoms with Crippen LogP contribution in [0.4, 0.5) is 0 Å². The topological polar surface area (TPSA) is 49.8 Å². The van der Waals surface area contributed by atoms with Gasteiger partial charge in [0.25, 0.3) is 5.91 Å². The molecule has 1 aliphatic rings. The second-order valence-electron chi connectivity index (χ2n) is 6.00. The zero-order valence-corrected chi connectivity index (χ0v) is 14.4. The summed E-state index contributed by atoms with van der Waals surface area (Å²) in [5, 5.41) is 10.7. The number of ether oxygens (including phenoxy) is 1. The number of hydrogen-bond acceptors (Lipinski definition) is 3. The third kappa shape index (κ3) is 3.74. The number of benzene rings is 1. The van der Waals surface area contributed by atoms with E-state index in [1.54, 1.807) is 24.1 Å². The van der Waals surface area contributed by atoms with Gasteiger partial charge in [0.1, 0.15) is 0 Å². The Hall–Kier alpha value is -0.810. The van der Waals surface area contributed by atoms with Crippen molar-refractivity contribution in [3.05, 3.63) is 33.3 Å². The molecule has 0 spiro atoms. The van der Waals surface area contributed by atoms with Crippen molar-refractivity contribution >= 4 is 29.1 Å². The fraction of sp³-hybridized carbons (Fsp3) is 0.562. The highest BCUT2D eigenvalue weighted by molar-refractivity contribution is 6.36. The van der Waals surface area contributed by atoms with E-state index in [2.05, 4.69) is 0 Å². The largest absolute Gasteiger partial charge is 0.396 e. The summed E-state index contributed by atoms with van der Waals surface area (Å²) in [7, 11) is 1.73. The number of hydrogen-bond donors (Lipinski definition) is 1. The molecule has 1 aromatic carbocycles. The highest BCUT2D eigenvalue weighted by Crippen LogP contribution is 2.32. The van der Waals surface area contributed by atoms with Gasteiger partial charge >= 0.3 is 0 Å². The van der Waals surface area contributed by atoms with Crippen molar-refractivity contribution in [2.24, 2.45) is 5.41 Å². The molecule has 1 amide bonds. The summed E-state index contributed by atoms with van der Waals surface area (Å²) < 4.78 is 5.35. The van der Waals surface area contributed by atoms with Gasteiger partial charge in [-0.1, -0.05) is 23.2 Å². The van der Waals surface area contributed by atoms with Crippen LogP contribution in [0, 0.1) is 12.3 Å². The van der Waals surface area contributed by atoms with E-state index in [9.17, 15) is 9.90 Å². The van der Waals surface area contributed by atoms with Crippen LogP contribution in [0.2, 0.25) is 10.0 Å². The Balaban J connectivity index is 2.15. The van der Waals surface area contributed by atoms with E-state index in [1.165, 1.54) is 0 Å². The molecule has 0 atom stereocenters. The van der Waals surface area contributed by atoms with E-state index >= 15 is 0 Å².